The first-order valence-corrected chi connectivity index (χ1v) is 6.93. The first-order valence-electron chi connectivity index (χ1n) is 6.93. The van der Waals surface area contributed by atoms with Crippen molar-refractivity contribution in [2.24, 2.45) is 0 Å². The van der Waals surface area contributed by atoms with Gasteiger partial charge in [0.25, 0.3) is 0 Å². The summed E-state index contributed by atoms with van der Waals surface area (Å²) in [5.74, 6) is 0.614. The minimum atomic E-state index is -0.190. The monoisotopic (exact) mass is 271 g/mol. The van der Waals surface area contributed by atoms with Gasteiger partial charge < -0.3 is 10.1 Å². The summed E-state index contributed by atoms with van der Waals surface area (Å²) in [6, 6.07) is 13.3. The molecule has 0 atom stereocenters. The van der Waals surface area contributed by atoms with E-state index in [1.807, 2.05) is 30.3 Å². The van der Waals surface area contributed by atoms with Crippen molar-refractivity contribution in [1.29, 1.82) is 0 Å². The zero-order valence-electron chi connectivity index (χ0n) is 11.5. The Bertz CT molecular complexity index is 608. The molecule has 0 amide bonds. The third-order valence-corrected chi connectivity index (χ3v) is 3.63. The van der Waals surface area contributed by atoms with Crippen LogP contribution in [0.4, 0.5) is 4.39 Å². The van der Waals surface area contributed by atoms with Crippen LogP contribution in [-0.4, -0.2) is 13.2 Å². The molecule has 0 spiro atoms. The molecule has 0 aromatic heterocycles. The van der Waals surface area contributed by atoms with E-state index >= 15 is 0 Å². The summed E-state index contributed by atoms with van der Waals surface area (Å²) in [7, 11) is 1.65. The van der Waals surface area contributed by atoms with Gasteiger partial charge in [0, 0.05) is 18.2 Å². The highest BCUT2D eigenvalue weighted by molar-refractivity contribution is 5.69. The maximum atomic E-state index is 14.0. The predicted molar refractivity (Wildman–Crippen MR) is 78.2 cm³/mol. The fraction of sp³-hybridized carbons (Fsp3) is 0.294. The summed E-state index contributed by atoms with van der Waals surface area (Å²) >= 11 is 0. The van der Waals surface area contributed by atoms with Crippen LogP contribution >= 0.6 is 0 Å². The van der Waals surface area contributed by atoms with Crippen LogP contribution < -0.4 is 10.1 Å². The molecule has 2 aromatic carbocycles. The number of rotatable bonds is 5. The second-order valence-electron chi connectivity index (χ2n) is 5.16. The topological polar surface area (TPSA) is 21.3 Å². The van der Waals surface area contributed by atoms with E-state index in [4.69, 9.17) is 4.74 Å². The van der Waals surface area contributed by atoms with Gasteiger partial charge in [0.05, 0.1) is 7.11 Å². The number of methoxy groups -OCH3 is 1. The van der Waals surface area contributed by atoms with E-state index in [2.05, 4.69) is 5.32 Å². The van der Waals surface area contributed by atoms with E-state index < -0.39 is 0 Å². The minimum absolute atomic E-state index is 0.190. The molecule has 1 saturated carbocycles. The molecule has 0 unspecified atom stereocenters. The highest BCUT2D eigenvalue weighted by atomic mass is 19.1. The van der Waals surface area contributed by atoms with Crippen molar-refractivity contribution in [3.05, 3.63) is 53.8 Å². The third kappa shape index (κ3) is 2.83. The van der Waals surface area contributed by atoms with E-state index in [0.717, 1.165) is 23.4 Å². The van der Waals surface area contributed by atoms with E-state index in [1.54, 1.807) is 13.2 Å². The van der Waals surface area contributed by atoms with Crippen molar-refractivity contribution in [3.63, 3.8) is 0 Å². The summed E-state index contributed by atoms with van der Waals surface area (Å²) in [5.41, 5.74) is 2.64. The van der Waals surface area contributed by atoms with Gasteiger partial charge >= 0.3 is 0 Å². The Balaban J connectivity index is 1.97. The van der Waals surface area contributed by atoms with Crippen molar-refractivity contribution >= 4 is 0 Å². The molecule has 2 nitrogen and oxygen atoms in total. The van der Waals surface area contributed by atoms with Crippen LogP contribution in [0.3, 0.4) is 0 Å². The molecule has 0 bridgehead atoms. The van der Waals surface area contributed by atoms with Gasteiger partial charge in [0.2, 0.25) is 0 Å². The van der Waals surface area contributed by atoms with Crippen LogP contribution in [0, 0.1) is 5.82 Å². The van der Waals surface area contributed by atoms with Crippen LogP contribution in [0.15, 0.2) is 42.5 Å². The van der Waals surface area contributed by atoms with Crippen molar-refractivity contribution in [1.82, 2.24) is 5.32 Å². The lowest BCUT2D eigenvalue weighted by Gasteiger charge is -2.13. The first kappa shape index (κ1) is 13.1. The number of hydrogen-bond acceptors (Lipinski definition) is 2. The van der Waals surface area contributed by atoms with Crippen molar-refractivity contribution in [3.8, 4) is 16.9 Å². The number of benzene rings is 2. The van der Waals surface area contributed by atoms with Crippen molar-refractivity contribution in [2.75, 3.05) is 7.11 Å². The normalized spacial score (nSPS) is 14.3. The molecule has 3 heteroatoms. The molecule has 1 fully saturated rings. The molecule has 104 valence electrons. The molecule has 0 radical (unpaired) electrons. The minimum Gasteiger partial charge on any atom is -0.497 e. The quantitative estimate of drug-likeness (QED) is 0.894. The van der Waals surface area contributed by atoms with Crippen LogP contribution in [0.1, 0.15) is 18.4 Å². The lowest BCUT2D eigenvalue weighted by Crippen LogP contribution is -2.16. The molecular formula is C17H18FNO. The van der Waals surface area contributed by atoms with Gasteiger partial charge in [-0.3, -0.25) is 0 Å². The van der Waals surface area contributed by atoms with Crippen LogP contribution in [0.25, 0.3) is 11.1 Å². The van der Waals surface area contributed by atoms with E-state index in [0.29, 0.717) is 11.6 Å². The Kier molecular flexibility index (Phi) is 3.70. The number of halogens is 1. The van der Waals surface area contributed by atoms with Gasteiger partial charge in [0.15, 0.2) is 0 Å². The second kappa shape index (κ2) is 5.63. The Morgan fingerprint density at radius 1 is 1.15 bits per heavy atom. The van der Waals surface area contributed by atoms with E-state index in [9.17, 15) is 4.39 Å². The van der Waals surface area contributed by atoms with Crippen molar-refractivity contribution < 1.29 is 9.13 Å². The molecule has 2 aromatic rings. The van der Waals surface area contributed by atoms with Gasteiger partial charge in [0.1, 0.15) is 11.6 Å². The van der Waals surface area contributed by atoms with Gasteiger partial charge in [-0.15, -0.1) is 0 Å². The fourth-order valence-corrected chi connectivity index (χ4v) is 2.33. The molecule has 0 saturated heterocycles. The summed E-state index contributed by atoms with van der Waals surface area (Å²) < 4.78 is 19.3. The maximum absolute atomic E-state index is 14.0. The lowest BCUT2D eigenvalue weighted by atomic mass is 9.98. The van der Waals surface area contributed by atoms with Gasteiger partial charge in [-0.25, -0.2) is 4.39 Å². The number of nitrogens with one attached hydrogen (secondary N) is 1. The lowest BCUT2D eigenvalue weighted by molar-refractivity contribution is 0.414. The molecule has 1 N–H and O–H groups in total. The molecular weight excluding hydrogens is 253 g/mol. The Morgan fingerprint density at radius 3 is 2.65 bits per heavy atom. The number of hydrogen-bond donors (Lipinski definition) is 1. The average molecular weight is 271 g/mol. The molecule has 1 aliphatic rings. The molecule has 0 aliphatic heterocycles. The highest BCUT2D eigenvalue weighted by Gasteiger charge is 2.21. The predicted octanol–water partition coefficient (Wildman–Crippen LogP) is 3.75. The fourth-order valence-electron chi connectivity index (χ4n) is 2.33. The third-order valence-electron chi connectivity index (χ3n) is 3.63. The first-order chi connectivity index (χ1) is 9.78. The van der Waals surface area contributed by atoms with E-state index in [-0.39, 0.29) is 5.82 Å². The van der Waals surface area contributed by atoms with Crippen molar-refractivity contribution in [2.45, 2.75) is 25.4 Å². The zero-order valence-corrected chi connectivity index (χ0v) is 11.5. The summed E-state index contributed by atoms with van der Waals surface area (Å²) in [4.78, 5) is 0. The highest BCUT2D eigenvalue weighted by Crippen LogP contribution is 2.30. The molecule has 0 heterocycles. The maximum Gasteiger partial charge on any atom is 0.131 e. The van der Waals surface area contributed by atoms with Crippen LogP contribution in [0.5, 0.6) is 5.75 Å². The van der Waals surface area contributed by atoms with Gasteiger partial charge in [-0.05, 0) is 42.2 Å². The Hall–Kier alpha value is -1.87. The number of ether oxygens (including phenoxy) is 1. The Labute approximate surface area is 118 Å². The van der Waals surface area contributed by atoms with Gasteiger partial charge in [-0.2, -0.15) is 0 Å². The zero-order chi connectivity index (χ0) is 13.9. The summed E-state index contributed by atoms with van der Waals surface area (Å²) in [5, 5.41) is 3.48. The summed E-state index contributed by atoms with van der Waals surface area (Å²) in [6.45, 7) is 0.742. The smallest absolute Gasteiger partial charge is 0.131 e. The molecule has 3 rings (SSSR count). The Morgan fingerprint density at radius 2 is 1.95 bits per heavy atom. The summed E-state index contributed by atoms with van der Waals surface area (Å²) in [6.07, 6.45) is 2.47. The molecule has 20 heavy (non-hydrogen) atoms. The van der Waals surface area contributed by atoms with Crippen LogP contribution in [-0.2, 0) is 6.54 Å². The van der Waals surface area contributed by atoms with Gasteiger partial charge in [-0.1, -0.05) is 24.3 Å². The molecule has 1 aliphatic carbocycles. The standard InChI is InChI=1S/C17H18FNO/c1-20-14-8-9-15(16-4-2-3-5-17(16)18)12(10-14)11-19-13-6-7-13/h2-5,8-10,13,19H,6-7,11H2,1H3. The second-order valence-corrected chi connectivity index (χ2v) is 5.16. The van der Waals surface area contributed by atoms with Crippen LogP contribution in [0.2, 0.25) is 0 Å². The van der Waals surface area contributed by atoms with E-state index in [1.165, 1.54) is 18.9 Å². The largest absolute Gasteiger partial charge is 0.497 e. The average Bonchev–Trinajstić information content (AvgIpc) is 3.30. The SMILES string of the molecule is COc1ccc(-c2ccccc2F)c(CNC2CC2)c1.